The summed E-state index contributed by atoms with van der Waals surface area (Å²) in [4.78, 5) is 18.4. The van der Waals surface area contributed by atoms with Crippen LogP contribution in [0.2, 0.25) is 5.02 Å². The zero-order chi connectivity index (χ0) is 37.4. The van der Waals surface area contributed by atoms with E-state index in [4.69, 9.17) is 26.2 Å². The fraction of sp³-hybridized carbons (Fsp3) is 0.463. The highest BCUT2D eigenvalue weighted by Gasteiger charge is 2.31. The number of urea groups is 1. The highest BCUT2D eigenvalue weighted by atomic mass is 35.5. The van der Waals surface area contributed by atoms with Gasteiger partial charge in [0.15, 0.2) is 5.65 Å². The minimum atomic E-state index is -0.309. The van der Waals surface area contributed by atoms with Gasteiger partial charge in [0.2, 0.25) is 5.95 Å². The Kier molecular flexibility index (Phi) is 10.1. The summed E-state index contributed by atoms with van der Waals surface area (Å²) in [6.45, 7) is 10.3. The van der Waals surface area contributed by atoms with Crippen molar-refractivity contribution < 1.29 is 14.3 Å². The van der Waals surface area contributed by atoms with E-state index in [1.807, 2.05) is 59.1 Å². The van der Waals surface area contributed by atoms with E-state index >= 15 is 0 Å². The van der Waals surface area contributed by atoms with E-state index in [9.17, 15) is 4.79 Å². The van der Waals surface area contributed by atoms with E-state index in [1.54, 1.807) is 4.68 Å². The molecular weight excluding hydrogens is 702 g/mol. The van der Waals surface area contributed by atoms with Gasteiger partial charge in [0, 0.05) is 43.7 Å². The number of carbonyl (C=O) groups is 1. The summed E-state index contributed by atoms with van der Waals surface area (Å²) in [5.41, 5.74) is 4.26. The minimum absolute atomic E-state index is 0.0958. The predicted octanol–water partition coefficient (Wildman–Crippen LogP) is 8.11. The molecule has 1 aliphatic carbocycles. The van der Waals surface area contributed by atoms with Crippen molar-refractivity contribution in [3.63, 3.8) is 0 Å². The number of benzene rings is 2. The standard InChI is InChI=1S/C41H50ClN9O3/c1-41(2,3)36-25-38(51(47-36)27-12-14-32(42)35(24-27)53-28-18-22-48(4)23-19-28)44-39(52)43-33-15-16-34(31-11-7-6-10-30(31)33)54-29-13-17-37-45-46-40(50(37)26-29)49-20-8-5-9-21-49/h6-7,10-14,17,24-26,28,33-34H,5,8-9,15-16,18-23H2,1-4H3,(H2,43,44,52). The van der Waals surface area contributed by atoms with Gasteiger partial charge in [-0.3, -0.25) is 9.72 Å². The number of piperidine rings is 2. The SMILES string of the molecule is CN1CCC(Oc2cc(-n3nc(C(C)(C)C)cc3NC(=O)NC3CCC(Oc4ccc5nnc(N6CCCCC6)n5c4)c4ccccc43)ccc2Cl)CC1. The molecule has 54 heavy (non-hydrogen) atoms. The van der Waals surface area contributed by atoms with Crippen LogP contribution in [0.4, 0.5) is 16.6 Å². The van der Waals surface area contributed by atoms with Crippen molar-refractivity contribution in [1.82, 2.24) is 34.6 Å². The lowest BCUT2D eigenvalue weighted by molar-refractivity contribution is 0.114. The van der Waals surface area contributed by atoms with Gasteiger partial charge in [-0.1, -0.05) is 56.6 Å². The third kappa shape index (κ3) is 7.72. The molecule has 8 rings (SSSR count). The normalized spacial score (nSPS) is 19.8. The van der Waals surface area contributed by atoms with Gasteiger partial charge in [-0.05, 0) is 87.4 Å². The van der Waals surface area contributed by atoms with Crippen LogP contribution in [0.5, 0.6) is 11.5 Å². The van der Waals surface area contributed by atoms with Crippen molar-refractivity contribution in [2.24, 2.45) is 0 Å². The summed E-state index contributed by atoms with van der Waals surface area (Å²) in [7, 11) is 2.13. The summed E-state index contributed by atoms with van der Waals surface area (Å²) in [5.74, 6) is 2.80. The van der Waals surface area contributed by atoms with Gasteiger partial charge >= 0.3 is 6.03 Å². The molecule has 284 valence electrons. The number of halogens is 1. The Morgan fingerprint density at radius 3 is 2.43 bits per heavy atom. The van der Waals surface area contributed by atoms with Gasteiger partial charge in [-0.15, -0.1) is 10.2 Å². The molecule has 0 bridgehead atoms. The van der Waals surface area contributed by atoms with Crippen molar-refractivity contribution in [2.45, 2.75) is 89.4 Å². The molecule has 2 aliphatic heterocycles. The number of pyridine rings is 1. The number of ether oxygens (including phenoxy) is 2. The average molecular weight is 752 g/mol. The molecule has 0 spiro atoms. The minimum Gasteiger partial charge on any atom is -0.489 e. The summed E-state index contributed by atoms with van der Waals surface area (Å²) in [5, 5.41) is 20.8. The number of aromatic nitrogens is 5. The first-order valence-electron chi connectivity index (χ1n) is 19.3. The topological polar surface area (TPSA) is 114 Å². The zero-order valence-electron chi connectivity index (χ0n) is 31.6. The molecule has 2 amide bonds. The molecule has 2 fully saturated rings. The molecule has 0 saturated carbocycles. The molecule has 5 aromatic rings. The van der Waals surface area contributed by atoms with E-state index in [2.05, 4.69) is 70.6 Å². The third-order valence-corrected chi connectivity index (χ3v) is 11.2. The number of anilines is 2. The molecule has 5 heterocycles. The molecule has 3 aromatic heterocycles. The van der Waals surface area contributed by atoms with E-state index in [1.165, 1.54) is 6.42 Å². The summed E-state index contributed by atoms with van der Waals surface area (Å²) in [6, 6.07) is 19.2. The van der Waals surface area contributed by atoms with Crippen LogP contribution in [0.1, 0.15) is 94.7 Å². The van der Waals surface area contributed by atoms with E-state index in [0.29, 0.717) is 23.0 Å². The summed E-state index contributed by atoms with van der Waals surface area (Å²) in [6.07, 6.45) is 8.83. The molecular formula is C41H50ClN9O3. The fourth-order valence-corrected chi connectivity index (χ4v) is 7.93. The highest BCUT2D eigenvalue weighted by Crippen LogP contribution is 2.39. The molecule has 2 atom stereocenters. The van der Waals surface area contributed by atoms with Gasteiger partial charge < -0.3 is 24.6 Å². The molecule has 2 N–H and O–H groups in total. The smallest absolute Gasteiger partial charge is 0.320 e. The van der Waals surface area contributed by atoms with Crippen LogP contribution in [-0.4, -0.2) is 74.6 Å². The predicted molar refractivity (Wildman–Crippen MR) is 211 cm³/mol. The Hall–Kier alpha value is -4.81. The molecule has 12 nitrogen and oxygen atoms in total. The largest absolute Gasteiger partial charge is 0.489 e. The summed E-state index contributed by atoms with van der Waals surface area (Å²) < 4.78 is 16.9. The van der Waals surface area contributed by atoms with Gasteiger partial charge in [0.05, 0.1) is 28.6 Å². The molecule has 0 radical (unpaired) electrons. The molecule has 2 unspecified atom stereocenters. The van der Waals surface area contributed by atoms with Crippen LogP contribution in [0.3, 0.4) is 0 Å². The Labute approximate surface area is 321 Å². The Morgan fingerprint density at radius 2 is 1.65 bits per heavy atom. The van der Waals surface area contributed by atoms with E-state index in [0.717, 1.165) is 98.1 Å². The van der Waals surface area contributed by atoms with Crippen LogP contribution < -0.4 is 25.0 Å². The van der Waals surface area contributed by atoms with Gasteiger partial charge in [-0.25, -0.2) is 9.48 Å². The Bertz CT molecular complexity index is 2110. The number of likely N-dealkylation sites (tertiary alicyclic amines) is 1. The molecule has 2 aromatic carbocycles. The maximum absolute atomic E-state index is 13.8. The lowest BCUT2D eigenvalue weighted by Gasteiger charge is -2.32. The zero-order valence-corrected chi connectivity index (χ0v) is 32.4. The quantitative estimate of drug-likeness (QED) is 0.164. The monoisotopic (exact) mass is 751 g/mol. The third-order valence-electron chi connectivity index (χ3n) is 10.9. The lowest BCUT2D eigenvalue weighted by Crippen LogP contribution is -2.36. The van der Waals surface area contributed by atoms with Gasteiger partial charge in [0.25, 0.3) is 0 Å². The number of nitrogens with zero attached hydrogens (tertiary/aromatic N) is 7. The second-order valence-electron chi connectivity index (χ2n) is 15.9. The molecule has 2 saturated heterocycles. The summed E-state index contributed by atoms with van der Waals surface area (Å²) >= 11 is 6.63. The number of hydrogen-bond donors (Lipinski definition) is 2. The molecule has 13 heteroatoms. The van der Waals surface area contributed by atoms with Crippen LogP contribution in [0.15, 0.2) is 66.9 Å². The molecule has 3 aliphatic rings. The van der Waals surface area contributed by atoms with E-state index < -0.39 is 0 Å². The number of amides is 2. The number of hydrogen-bond acceptors (Lipinski definition) is 8. The van der Waals surface area contributed by atoms with Crippen molar-refractivity contribution in [2.75, 3.05) is 43.4 Å². The van der Waals surface area contributed by atoms with Crippen molar-refractivity contribution in [1.29, 1.82) is 0 Å². The number of carbonyl (C=O) groups excluding carboxylic acids is 1. The van der Waals surface area contributed by atoms with Gasteiger partial charge in [-0.2, -0.15) is 5.10 Å². The first-order valence-corrected chi connectivity index (χ1v) is 19.7. The fourth-order valence-electron chi connectivity index (χ4n) is 7.77. The number of rotatable bonds is 8. The maximum Gasteiger partial charge on any atom is 0.320 e. The second kappa shape index (κ2) is 15.1. The van der Waals surface area contributed by atoms with Gasteiger partial charge in [0.1, 0.15) is 29.5 Å². The van der Waals surface area contributed by atoms with Crippen LogP contribution in [-0.2, 0) is 5.41 Å². The first-order chi connectivity index (χ1) is 26.1. The van der Waals surface area contributed by atoms with Crippen LogP contribution in [0, 0.1) is 0 Å². The van der Waals surface area contributed by atoms with E-state index in [-0.39, 0.29) is 29.7 Å². The van der Waals surface area contributed by atoms with Crippen molar-refractivity contribution in [3.8, 4) is 17.2 Å². The Morgan fingerprint density at radius 1 is 0.870 bits per heavy atom. The second-order valence-corrected chi connectivity index (χ2v) is 16.3. The Balaban J connectivity index is 0.989. The number of nitrogens with one attached hydrogen (secondary N) is 2. The average Bonchev–Trinajstić information content (AvgIpc) is 3.79. The lowest BCUT2D eigenvalue weighted by atomic mass is 9.85. The van der Waals surface area contributed by atoms with Crippen molar-refractivity contribution >= 4 is 35.0 Å². The first kappa shape index (κ1) is 36.2. The highest BCUT2D eigenvalue weighted by molar-refractivity contribution is 6.32. The van der Waals surface area contributed by atoms with Crippen LogP contribution in [0.25, 0.3) is 11.3 Å². The van der Waals surface area contributed by atoms with Crippen molar-refractivity contribution in [3.05, 3.63) is 88.7 Å². The maximum atomic E-state index is 13.8. The number of fused-ring (bicyclic) bond motifs is 2. The van der Waals surface area contributed by atoms with Crippen LogP contribution >= 0.6 is 11.6 Å².